The van der Waals surface area contributed by atoms with Gasteiger partial charge in [-0.25, -0.2) is 4.79 Å². The topological polar surface area (TPSA) is 29.5 Å². The van der Waals surface area contributed by atoms with E-state index < -0.39 is 0 Å². The molecule has 104 valence electrons. The highest BCUT2D eigenvalue weighted by Crippen LogP contribution is 2.28. The van der Waals surface area contributed by atoms with E-state index in [9.17, 15) is 4.79 Å². The number of ether oxygens (including phenoxy) is 1. The number of carbonyl (C=O) groups is 1. The van der Waals surface area contributed by atoms with Gasteiger partial charge in [0.25, 0.3) is 0 Å². The van der Waals surface area contributed by atoms with Crippen LogP contribution in [0.4, 0.5) is 10.5 Å². The second-order valence-electron chi connectivity index (χ2n) is 4.21. The Kier molecular flexibility index (Phi) is 4.77. The van der Waals surface area contributed by atoms with Crippen molar-refractivity contribution in [1.29, 1.82) is 0 Å². The second-order valence-corrected chi connectivity index (χ2v) is 4.21. The lowest BCUT2D eigenvalue weighted by Gasteiger charge is -2.16. The van der Waals surface area contributed by atoms with Crippen molar-refractivity contribution in [3.8, 4) is 5.75 Å². The summed E-state index contributed by atoms with van der Waals surface area (Å²) in [5.74, 6) is 0.576. The van der Waals surface area contributed by atoms with Gasteiger partial charge in [-0.05, 0) is 30.2 Å². The third-order valence-electron chi connectivity index (χ3n) is 3.06. The Morgan fingerprint density at radius 1 is 1.00 bits per heavy atom. The Bertz CT molecular complexity index is 566. The first kappa shape index (κ1) is 14.1. The number of rotatable bonds is 1. The van der Waals surface area contributed by atoms with E-state index in [2.05, 4.69) is 0 Å². The van der Waals surface area contributed by atoms with Crippen molar-refractivity contribution >= 4 is 11.8 Å². The van der Waals surface area contributed by atoms with Crippen LogP contribution in [0.1, 0.15) is 19.4 Å². The number of nitrogens with zero attached hydrogens (tertiary/aromatic N) is 1. The molecule has 0 unspecified atom stereocenters. The van der Waals surface area contributed by atoms with E-state index in [0.717, 1.165) is 12.1 Å². The maximum Gasteiger partial charge on any atom is 0.419 e. The monoisotopic (exact) mass is 269 g/mol. The number of para-hydroxylation sites is 2. The first-order valence-electron chi connectivity index (χ1n) is 6.97. The summed E-state index contributed by atoms with van der Waals surface area (Å²) in [6.07, 6.45) is 0.575. The van der Waals surface area contributed by atoms with Gasteiger partial charge in [0.15, 0.2) is 0 Å². The molecule has 0 saturated carbocycles. The van der Waals surface area contributed by atoms with Gasteiger partial charge in [0.2, 0.25) is 0 Å². The van der Waals surface area contributed by atoms with Crippen LogP contribution in [0.25, 0.3) is 0 Å². The number of hydrogen-bond donors (Lipinski definition) is 0. The van der Waals surface area contributed by atoms with E-state index in [0.29, 0.717) is 12.3 Å². The summed E-state index contributed by atoms with van der Waals surface area (Å²) in [7, 11) is 0. The van der Waals surface area contributed by atoms with Crippen LogP contribution in [-0.4, -0.2) is 12.6 Å². The van der Waals surface area contributed by atoms with Crippen molar-refractivity contribution in [2.45, 2.75) is 20.3 Å². The van der Waals surface area contributed by atoms with Crippen LogP contribution in [0.5, 0.6) is 5.75 Å². The summed E-state index contributed by atoms with van der Waals surface area (Å²) in [5, 5.41) is 0. The zero-order chi connectivity index (χ0) is 14.4. The van der Waals surface area contributed by atoms with Gasteiger partial charge in [-0.3, -0.25) is 4.90 Å². The molecule has 0 radical (unpaired) electrons. The van der Waals surface area contributed by atoms with Crippen molar-refractivity contribution in [1.82, 2.24) is 0 Å². The number of carbonyl (C=O) groups excluding carboxylic acids is 1. The summed E-state index contributed by atoms with van der Waals surface area (Å²) in [6, 6.07) is 17.1. The van der Waals surface area contributed by atoms with Crippen LogP contribution in [-0.2, 0) is 6.42 Å². The van der Waals surface area contributed by atoms with E-state index in [4.69, 9.17) is 4.74 Å². The molecular formula is C17H19NO2. The summed E-state index contributed by atoms with van der Waals surface area (Å²) in [5.41, 5.74) is 2.15. The fourth-order valence-corrected chi connectivity index (χ4v) is 2.17. The summed E-state index contributed by atoms with van der Waals surface area (Å²) >= 11 is 0. The zero-order valence-corrected chi connectivity index (χ0v) is 11.9. The molecule has 0 bridgehead atoms. The fraction of sp³-hybridized carbons (Fsp3) is 0.235. The average Bonchev–Trinajstić information content (AvgIpc) is 2.94. The predicted octanol–water partition coefficient (Wildman–Crippen LogP) is 4.27. The lowest BCUT2D eigenvalue weighted by molar-refractivity contribution is 0.208. The molecule has 2 aromatic rings. The quantitative estimate of drug-likeness (QED) is 0.773. The molecule has 1 amide bonds. The smallest absolute Gasteiger partial charge is 0.410 e. The minimum Gasteiger partial charge on any atom is -0.410 e. The van der Waals surface area contributed by atoms with E-state index >= 15 is 0 Å². The van der Waals surface area contributed by atoms with Gasteiger partial charge in [-0.1, -0.05) is 50.2 Å². The third kappa shape index (κ3) is 2.99. The number of fused-ring (bicyclic) bond motifs is 1. The van der Waals surface area contributed by atoms with E-state index in [-0.39, 0.29) is 6.09 Å². The standard InChI is InChI=1S/C15H13NO2.C2H6/c17-15(18-13-7-2-1-3-8-13)16-11-10-12-6-4-5-9-14(12)16;1-2/h1-9H,10-11H2;1-2H3. The first-order valence-corrected chi connectivity index (χ1v) is 6.97. The third-order valence-corrected chi connectivity index (χ3v) is 3.06. The predicted molar refractivity (Wildman–Crippen MR) is 81.3 cm³/mol. The highest BCUT2D eigenvalue weighted by Gasteiger charge is 2.25. The molecule has 0 spiro atoms. The molecule has 3 rings (SSSR count). The van der Waals surface area contributed by atoms with Crippen molar-refractivity contribution in [3.05, 3.63) is 60.2 Å². The largest absolute Gasteiger partial charge is 0.419 e. The van der Waals surface area contributed by atoms with Crippen LogP contribution in [0.15, 0.2) is 54.6 Å². The Morgan fingerprint density at radius 3 is 2.40 bits per heavy atom. The van der Waals surface area contributed by atoms with Crippen LogP contribution in [0.3, 0.4) is 0 Å². The van der Waals surface area contributed by atoms with Gasteiger partial charge >= 0.3 is 6.09 Å². The molecule has 0 aliphatic carbocycles. The Morgan fingerprint density at radius 2 is 1.65 bits per heavy atom. The molecule has 0 aromatic heterocycles. The molecule has 0 saturated heterocycles. The normalized spacial score (nSPS) is 12.2. The Hall–Kier alpha value is -2.29. The highest BCUT2D eigenvalue weighted by atomic mass is 16.6. The zero-order valence-electron chi connectivity index (χ0n) is 11.9. The average molecular weight is 269 g/mol. The molecule has 0 atom stereocenters. The van der Waals surface area contributed by atoms with Gasteiger partial charge in [0, 0.05) is 6.54 Å². The summed E-state index contributed by atoms with van der Waals surface area (Å²) < 4.78 is 5.34. The molecule has 20 heavy (non-hydrogen) atoms. The van der Waals surface area contributed by atoms with E-state index in [1.165, 1.54) is 5.56 Å². The molecule has 1 heterocycles. The lowest BCUT2D eigenvalue weighted by Crippen LogP contribution is -2.31. The lowest BCUT2D eigenvalue weighted by atomic mass is 10.2. The Labute approximate surface area is 119 Å². The molecule has 1 aliphatic rings. The summed E-state index contributed by atoms with van der Waals surface area (Å²) in [6.45, 7) is 4.69. The number of anilines is 1. The molecule has 0 fully saturated rings. The van der Waals surface area contributed by atoms with Crippen molar-refractivity contribution in [2.24, 2.45) is 0 Å². The fourth-order valence-electron chi connectivity index (χ4n) is 2.17. The van der Waals surface area contributed by atoms with Crippen LogP contribution < -0.4 is 9.64 Å². The van der Waals surface area contributed by atoms with Crippen molar-refractivity contribution in [2.75, 3.05) is 11.4 Å². The molecule has 2 aromatic carbocycles. The Balaban J connectivity index is 0.000000704. The van der Waals surface area contributed by atoms with Crippen molar-refractivity contribution in [3.63, 3.8) is 0 Å². The number of hydrogen-bond acceptors (Lipinski definition) is 2. The second kappa shape index (κ2) is 6.75. The van der Waals surface area contributed by atoms with Gasteiger partial charge in [0.05, 0.1) is 5.69 Å². The first-order chi connectivity index (χ1) is 9.84. The maximum atomic E-state index is 12.1. The minimum atomic E-state index is -0.314. The SMILES string of the molecule is CC.O=C(Oc1ccccc1)N1CCc2ccccc21. The molecular weight excluding hydrogens is 250 g/mol. The van der Waals surface area contributed by atoms with Crippen LogP contribution in [0.2, 0.25) is 0 Å². The molecule has 0 N–H and O–H groups in total. The number of benzene rings is 2. The highest BCUT2D eigenvalue weighted by molar-refractivity contribution is 5.91. The maximum absolute atomic E-state index is 12.1. The molecule has 3 nitrogen and oxygen atoms in total. The van der Waals surface area contributed by atoms with E-state index in [1.54, 1.807) is 17.0 Å². The van der Waals surface area contributed by atoms with E-state index in [1.807, 2.05) is 56.3 Å². The van der Waals surface area contributed by atoms with Gasteiger partial charge < -0.3 is 4.74 Å². The van der Waals surface area contributed by atoms with Crippen LogP contribution >= 0.6 is 0 Å². The van der Waals surface area contributed by atoms with Gasteiger partial charge in [-0.15, -0.1) is 0 Å². The molecule has 3 heteroatoms. The van der Waals surface area contributed by atoms with Gasteiger partial charge in [0.1, 0.15) is 5.75 Å². The van der Waals surface area contributed by atoms with Crippen LogP contribution in [0, 0.1) is 0 Å². The number of amides is 1. The van der Waals surface area contributed by atoms with Crippen molar-refractivity contribution < 1.29 is 9.53 Å². The minimum absolute atomic E-state index is 0.314. The molecule has 1 aliphatic heterocycles. The summed E-state index contributed by atoms with van der Waals surface area (Å²) in [4.78, 5) is 13.8. The van der Waals surface area contributed by atoms with Gasteiger partial charge in [-0.2, -0.15) is 0 Å².